The van der Waals surface area contributed by atoms with E-state index in [1.165, 1.54) is 6.39 Å². The fraction of sp³-hybridized carbons (Fsp3) is 0.474. The number of benzene rings is 1. The van der Waals surface area contributed by atoms with Gasteiger partial charge >= 0.3 is 0 Å². The number of nitrogens with zero attached hydrogens (tertiary/aromatic N) is 1. The van der Waals surface area contributed by atoms with E-state index in [9.17, 15) is 4.79 Å². The lowest BCUT2D eigenvalue weighted by Crippen LogP contribution is -2.81. The minimum atomic E-state index is -0.915. The molecule has 3 atom stereocenters. The Morgan fingerprint density at radius 3 is 2.76 bits per heavy atom. The smallest absolute Gasteiger partial charge is 0.245 e. The summed E-state index contributed by atoms with van der Waals surface area (Å²) in [5.41, 5.74) is 6.94. The predicted molar refractivity (Wildman–Crippen MR) is 93.7 cm³/mol. The molecule has 3 unspecified atom stereocenters. The van der Waals surface area contributed by atoms with Crippen molar-refractivity contribution in [2.24, 2.45) is 17.1 Å². The van der Waals surface area contributed by atoms with E-state index in [0.29, 0.717) is 11.4 Å². The second-order valence-corrected chi connectivity index (χ2v) is 7.53. The summed E-state index contributed by atoms with van der Waals surface area (Å²) >= 11 is 0. The summed E-state index contributed by atoms with van der Waals surface area (Å²) in [6.07, 6.45) is 5.00. The minimum Gasteiger partial charge on any atom is -0.444 e. The Kier molecular flexibility index (Phi) is 3.70. The number of hydrogen-bond donors (Lipinski definition) is 2. The summed E-state index contributed by atoms with van der Waals surface area (Å²) in [4.78, 5) is 16.9. The van der Waals surface area contributed by atoms with Gasteiger partial charge in [0.05, 0.1) is 12.3 Å². The van der Waals surface area contributed by atoms with Crippen LogP contribution in [0.4, 0.5) is 5.69 Å². The van der Waals surface area contributed by atoms with Crippen molar-refractivity contribution in [1.82, 2.24) is 4.98 Å². The Balaban J connectivity index is 1.52. The molecular weight excluding hydrogens is 318 g/mol. The number of oxazole rings is 1. The number of ether oxygens (including phenoxy) is 1. The van der Waals surface area contributed by atoms with Gasteiger partial charge in [-0.25, -0.2) is 4.98 Å². The largest absolute Gasteiger partial charge is 0.444 e. The van der Waals surface area contributed by atoms with Crippen molar-refractivity contribution in [3.8, 4) is 11.3 Å². The first kappa shape index (κ1) is 16.3. The van der Waals surface area contributed by atoms with E-state index in [-0.39, 0.29) is 23.3 Å². The van der Waals surface area contributed by atoms with Crippen molar-refractivity contribution >= 4 is 11.6 Å². The zero-order valence-corrected chi connectivity index (χ0v) is 14.5. The Morgan fingerprint density at radius 1 is 1.32 bits per heavy atom. The summed E-state index contributed by atoms with van der Waals surface area (Å²) in [6.45, 7) is 4.80. The molecule has 6 heteroatoms. The molecule has 2 aromatic rings. The maximum atomic E-state index is 13.0. The first-order chi connectivity index (χ1) is 11.9. The lowest BCUT2D eigenvalue weighted by Gasteiger charge is -2.65. The third kappa shape index (κ3) is 2.32. The summed E-state index contributed by atoms with van der Waals surface area (Å²) in [5.74, 6) is 0.622. The third-order valence-corrected chi connectivity index (χ3v) is 5.92. The summed E-state index contributed by atoms with van der Waals surface area (Å²) in [5, 5.41) is 2.98. The number of nitrogens with one attached hydrogen (secondary N) is 1. The molecular formula is C19H23N3O3. The van der Waals surface area contributed by atoms with Crippen molar-refractivity contribution in [3.63, 3.8) is 0 Å². The lowest BCUT2D eigenvalue weighted by molar-refractivity contribution is -0.222. The molecule has 0 spiro atoms. The van der Waals surface area contributed by atoms with Crippen LogP contribution in [0.15, 0.2) is 41.3 Å². The number of carbonyl (C=O) groups excluding carboxylic acids is 1. The molecule has 4 rings (SSSR count). The van der Waals surface area contributed by atoms with E-state index in [4.69, 9.17) is 14.9 Å². The van der Waals surface area contributed by atoms with Crippen LogP contribution in [0, 0.1) is 11.3 Å². The van der Waals surface area contributed by atoms with Crippen molar-refractivity contribution in [2.75, 3.05) is 11.9 Å². The maximum absolute atomic E-state index is 13.0. The highest BCUT2D eigenvalue weighted by molar-refractivity contribution is 6.00. The van der Waals surface area contributed by atoms with E-state index in [1.54, 1.807) is 6.20 Å². The van der Waals surface area contributed by atoms with Gasteiger partial charge in [0.1, 0.15) is 5.54 Å². The number of nitrogens with two attached hydrogens (primary N) is 1. The molecule has 3 N–H and O–H groups in total. The molecule has 1 aromatic heterocycles. The molecule has 1 saturated carbocycles. The average molecular weight is 341 g/mol. The zero-order chi connectivity index (χ0) is 17.7. The number of amides is 1. The van der Waals surface area contributed by atoms with Crippen LogP contribution >= 0.6 is 0 Å². The fourth-order valence-electron chi connectivity index (χ4n) is 4.35. The molecule has 132 valence electrons. The standard InChI is InChI=1S/C19H23N3O3/c1-18(2)16-14(4-3-9-24-16)19(18,20)17(23)22-13-7-5-12(6-8-13)15-10-21-11-25-15/h5-8,10-11,14,16H,3-4,9,20H2,1-2H3,(H,22,23). The molecule has 1 amide bonds. The van der Waals surface area contributed by atoms with Gasteiger partial charge in [0.2, 0.25) is 5.91 Å². The van der Waals surface area contributed by atoms with E-state index in [2.05, 4.69) is 10.3 Å². The summed E-state index contributed by atoms with van der Waals surface area (Å²) in [6, 6.07) is 7.47. The highest BCUT2D eigenvalue weighted by Crippen LogP contribution is 2.57. The predicted octanol–water partition coefficient (Wildman–Crippen LogP) is 2.81. The summed E-state index contributed by atoms with van der Waals surface area (Å²) in [7, 11) is 0. The molecule has 2 fully saturated rings. The number of carbonyl (C=O) groups is 1. The molecule has 0 bridgehead atoms. The van der Waals surface area contributed by atoms with Crippen LogP contribution in [0.5, 0.6) is 0 Å². The van der Waals surface area contributed by atoms with E-state index >= 15 is 0 Å². The van der Waals surface area contributed by atoms with Gasteiger partial charge < -0.3 is 20.2 Å². The quantitative estimate of drug-likeness (QED) is 0.896. The van der Waals surface area contributed by atoms with E-state index in [0.717, 1.165) is 25.0 Å². The van der Waals surface area contributed by atoms with Gasteiger partial charge in [-0.15, -0.1) is 0 Å². The highest BCUT2D eigenvalue weighted by atomic mass is 16.5. The van der Waals surface area contributed by atoms with Crippen molar-refractivity contribution in [3.05, 3.63) is 36.9 Å². The molecule has 2 aliphatic rings. The molecule has 1 aliphatic heterocycles. The number of fused-ring (bicyclic) bond motifs is 1. The molecule has 6 nitrogen and oxygen atoms in total. The number of rotatable bonds is 3. The van der Waals surface area contributed by atoms with Crippen molar-refractivity contribution < 1.29 is 13.9 Å². The summed E-state index contributed by atoms with van der Waals surface area (Å²) < 4.78 is 11.1. The first-order valence-corrected chi connectivity index (χ1v) is 8.65. The number of anilines is 1. The van der Waals surface area contributed by atoms with Gasteiger partial charge in [0.25, 0.3) is 0 Å². The number of hydrogen-bond acceptors (Lipinski definition) is 5. The van der Waals surface area contributed by atoms with Crippen molar-refractivity contribution in [1.29, 1.82) is 0 Å². The number of aromatic nitrogens is 1. The van der Waals surface area contributed by atoms with Crippen LogP contribution in [0.1, 0.15) is 26.7 Å². The van der Waals surface area contributed by atoms with Gasteiger partial charge in [0, 0.05) is 29.2 Å². The Labute approximate surface area is 146 Å². The van der Waals surface area contributed by atoms with Gasteiger partial charge in [-0.2, -0.15) is 0 Å². The second-order valence-electron chi connectivity index (χ2n) is 7.53. The second kappa shape index (κ2) is 5.68. The highest BCUT2D eigenvalue weighted by Gasteiger charge is 2.70. The molecule has 2 heterocycles. The van der Waals surface area contributed by atoms with Crippen molar-refractivity contribution in [2.45, 2.75) is 38.3 Å². The molecule has 1 aliphatic carbocycles. The SMILES string of the molecule is CC1(C)C2OCCCC2C1(N)C(=O)Nc1ccc(-c2cnco2)cc1. The molecule has 1 saturated heterocycles. The van der Waals surface area contributed by atoms with Crippen LogP contribution in [0.2, 0.25) is 0 Å². The van der Waals surface area contributed by atoms with Crippen LogP contribution in [-0.2, 0) is 9.53 Å². The van der Waals surface area contributed by atoms with Crippen LogP contribution < -0.4 is 11.1 Å². The minimum absolute atomic E-state index is 0.0610. The monoisotopic (exact) mass is 341 g/mol. The Morgan fingerprint density at radius 2 is 2.08 bits per heavy atom. The van der Waals surface area contributed by atoms with Gasteiger partial charge in [-0.05, 0) is 37.1 Å². The van der Waals surface area contributed by atoms with Gasteiger partial charge in [-0.3, -0.25) is 4.79 Å². The zero-order valence-electron chi connectivity index (χ0n) is 14.5. The topological polar surface area (TPSA) is 90.4 Å². The van der Waals surface area contributed by atoms with Crippen LogP contribution in [-0.4, -0.2) is 29.1 Å². The first-order valence-electron chi connectivity index (χ1n) is 8.65. The normalized spacial score (nSPS) is 30.2. The fourth-order valence-corrected chi connectivity index (χ4v) is 4.35. The van der Waals surface area contributed by atoms with E-state index in [1.807, 2.05) is 38.1 Å². The Bertz CT molecular complexity index is 770. The van der Waals surface area contributed by atoms with Crippen LogP contribution in [0.25, 0.3) is 11.3 Å². The van der Waals surface area contributed by atoms with Gasteiger partial charge in [-0.1, -0.05) is 13.8 Å². The maximum Gasteiger partial charge on any atom is 0.245 e. The Hall–Kier alpha value is -2.18. The van der Waals surface area contributed by atoms with E-state index < -0.39 is 5.54 Å². The molecule has 0 radical (unpaired) electrons. The lowest BCUT2D eigenvalue weighted by atomic mass is 9.46. The molecule has 1 aromatic carbocycles. The molecule has 25 heavy (non-hydrogen) atoms. The van der Waals surface area contributed by atoms with Gasteiger partial charge in [0.15, 0.2) is 12.2 Å². The third-order valence-electron chi connectivity index (χ3n) is 5.92. The van der Waals surface area contributed by atoms with Crippen LogP contribution in [0.3, 0.4) is 0 Å². The average Bonchev–Trinajstić information content (AvgIpc) is 3.16.